The van der Waals surface area contributed by atoms with Gasteiger partial charge in [0.25, 0.3) is 5.91 Å². The molecular formula is C33H35F3N8O3. The highest BCUT2D eigenvalue weighted by Crippen LogP contribution is 2.35. The van der Waals surface area contributed by atoms with E-state index in [2.05, 4.69) is 37.2 Å². The maximum Gasteiger partial charge on any atom is 0.416 e. The summed E-state index contributed by atoms with van der Waals surface area (Å²) in [6, 6.07) is 10.2. The van der Waals surface area contributed by atoms with E-state index in [0.717, 1.165) is 24.8 Å². The summed E-state index contributed by atoms with van der Waals surface area (Å²) >= 11 is 0. The number of morpholine rings is 1. The van der Waals surface area contributed by atoms with Gasteiger partial charge in [-0.3, -0.25) is 14.1 Å². The van der Waals surface area contributed by atoms with Crippen molar-refractivity contribution in [1.29, 1.82) is 0 Å². The molecule has 0 saturated carbocycles. The van der Waals surface area contributed by atoms with Gasteiger partial charge in [-0.2, -0.15) is 13.2 Å². The molecule has 2 aromatic heterocycles. The first kappa shape index (κ1) is 32.3. The van der Waals surface area contributed by atoms with Crippen molar-refractivity contribution in [2.24, 2.45) is 0 Å². The summed E-state index contributed by atoms with van der Waals surface area (Å²) in [6.45, 7) is 5.39. The number of nitrogens with one attached hydrogen (secondary N) is 1. The first-order valence-corrected chi connectivity index (χ1v) is 15.2. The molecule has 2 fully saturated rings. The number of alkyl halides is 3. The Labute approximate surface area is 269 Å². The fourth-order valence-corrected chi connectivity index (χ4v) is 5.68. The number of aliphatic hydroxyl groups is 1. The Morgan fingerprint density at radius 1 is 1.00 bits per heavy atom. The van der Waals surface area contributed by atoms with Crippen molar-refractivity contribution in [3.63, 3.8) is 0 Å². The van der Waals surface area contributed by atoms with Crippen LogP contribution in [0.3, 0.4) is 0 Å². The van der Waals surface area contributed by atoms with Gasteiger partial charge in [0.1, 0.15) is 0 Å². The Hall–Kier alpha value is -4.68. The van der Waals surface area contributed by atoms with Crippen molar-refractivity contribution in [2.75, 3.05) is 75.5 Å². The number of aromatic nitrogens is 3. The van der Waals surface area contributed by atoms with E-state index in [1.807, 2.05) is 24.2 Å². The molecule has 246 valence electrons. The normalized spacial score (nSPS) is 16.2. The molecule has 1 amide bonds. The van der Waals surface area contributed by atoms with Gasteiger partial charge >= 0.3 is 6.18 Å². The predicted octanol–water partition coefficient (Wildman–Crippen LogP) is 3.06. The second kappa shape index (κ2) is 13.6. The molecule has 0 bridgehead atoms. The van der Waals surface area contributed by atoms with Crippen LogP contribution < -0.4 is 16.0 Å². The summed E-state index contributed by atoms with van der Waals surface area (Å²) in [7, 11) is 1.99. The number of halogens is 3. The number of amides is 1. The van der Waals surface area contributed by atoms with E-state index in [-0.39, 0.29) is 30.0 Å². The van der Waals surface area contributed by atoms with Crippen LogP contribution in [0.25, 0.3) is 5.65 Å². The molecule has 0 spiro atoms. The van der Waals surface area contributed by atoms with Crippen molar-refractivity contribution >= 4 is 28.6 Å². The molecule has 4 heterocycles. The van der Waals surface area contributed by atoms with E-state index in [1.54, 1.807) is 10.5 Å². The van der Waals surface area contributed by atoms with Crippen molar-refractivity contribution in [3.8, 4) is 11.8 Å². The Morgan fingerprint density at radius 2 is 1.74 bits per heavy atom. The summed E-state index contributed by atoms with van der Waals surface area (Å²) in [5.41, 5.74) is 8.38. The maximum atomic E-state index is 14.1. The SMILES string of the molecule is CN1CCN(Cc2ccc(NC(=O)c3ccc(CO)c(C#Cc4nnc5c(N)cc(N6CCOCC6)cn45)c3)cc2C(F)(F)F)CC1. The molecule has 2 aliphatic heterocycles. The number of hydrogen-bond donors (Lipinski definition) is 3. The molecule has 2 aromatic carbocycles. The van der Waals surface area contributed by atoms with Gasteiger partial charge in [-0.05, 0) is 54.4 Å². The van der Waals surface area contributed by atoms with Crippen LogP contribution in [-0.2, 0) is 24.1 Å². The third kappa shape index (κ3) is 7.34. The minimum absolute atomic E-state index is 0.0203. The second-order valence-electron chi connectivity index (χ2n) is 11.7. The van der Waals surface area contributed by atoms with Gasteiger partial charge in [-0.1, -0.05) is 18.1 Å². The molecule has 0 unspecified atom stereocenters. The van der Waals surface area contributed by atoms with Gasteiger partial charge in [0.2, 0.25) is 5.82 Å². The highest BCUT2D eigenvalue weighted by molar-refractivity contribution is 6.04. The quantitative estimate of drug-likeness (QED) is 0.271. The third-order valence-electron chi connectivity index (χ3n) is 8.41. The lowest BCUT2D eigenvalue weighted by Gasteiger charge is -2.33. The van der Waals surface area contributed by atoms with Gasteiger partial charge in [0.15, 0.2) is 5.65 Å². The fraction of sp³-hybridized carbons (Fsp3) is 0.364. The van der Waals surface area contributed by atoms with Crippen molar-refractivity contribution in [1.82, 2.24) is 24.4 Å². The number of hydrogen-bond acceptors (Lipinski definition) is 9. The Kier molecular flexibility index (Phi) is 9.33. The molecule has 11 nitrogen and oxygen atoms in total. The Morgan fingerprint density at radius 3 is 2.47 bits per heavy atom. The number of ether oxygens (including phenoxy) is 1. The number of fused-ring (bicyclic) bond motifs is 1. The topological polar surface area (TPSA) is 124 Å². The molecule has 0 aliphatic carbocycles. The molecular weight excluding hydrogens is 613 g/mol. The molecule has 6 rings (SSSR count). The molecule has 4 N–H and O–H groups in total. The molecule has 47 heavy (non-hydrogen) atoms. The van der Waals surface area contributed by atoms with Crippen LogP contribution in [0, 0.1) is 11.8 Å². The number of nitrogens with two attached hydrogens (primary N) is 1. The van der Waals surface area contributed by atoms with Crippen molar-refractivity contribution in [2.45, 2.75) is 19.3 Å². The summed E-state index contributed by atoms with van der Waals surface area (Å²) in [6.07, 6.45) is -2.74. The molecule has 4 aromatic rings. The van der Waals surface area contributed by atoms with Crippen LogP contribution >= 0.6 is 0 Å². The number of carbonyl (C=O) groups excluding carboxylic acids is 1. The smallest absolute Gasteiger partial charge is 0.396 e. The number of aliphatic hydroxyl groups excluding tert-OH is 1. The molecule has 2 aliphatic rings. The summed E-state index contributed by atoms with van der Waals surface area (Å²) in [4.78, 5) is 19.5. The number of rotatable bonds is 6. The monoisotopic (exact) mass is 648 g/mol. The van der Waals surface area contributed by atoms with E-state index >= 15 is 0 Å². The number of pyridine rings is 1. The van der Waals surface area contributed by atoms with Crippen molar-refractivity contribution in [3.05, 3.63) is 82.3 Å². The van der Waals surface area contributed by atoms with Crippen LogP contribution in [0.1, 0.15) is 38.4 Å². The van der Waals surface area contributed by atoms with Crippen molar-refractivity contribution < 1.29 is 27.8 Å². The van der Waals surface area contributed by atoms with E-state index in [0.29, 0.717) is 67.7 Å². The lowest BCUT2D eigenvalue weighted by Crippen LogP contribution is -2.44. The molecule has 0 atom stereocenters. The summed E-state index contributed by atoms with van der Waals surface area (Å²) in [5.74, 6) is 5.62. The highest BCUT2D eigenvalue weighted by atomic mass is 19.4. The van der Waals surface area contributed by atoms with Gasteiger partial charge in [0.05, 0.1) is 36.8 Å². The fourth-order valence-electron chi connectivity index (χ4n) is 5.68. The van der Waals surface area contributed by atoms with Crippen LogP contribution in [-0.4, -0.2) is 94.9 Å². The second-order valence-corrected chi connectivity index (χ2v) is 11.7. The number of piperazine rings is 1. The van der Waals surface area contributed by atoms with Gasteiger partial charge in [-0.25, -0.2) is 0 Å². The van der Waals surface area contributed by atoms with E-state index in [4.69, 9.17) is 10.5 Å². The third-order valence-corrected chi connectivity index (χ3v) is 8.41. The van der Waals surface area contributed by atoms with Gasteiger partial charge in [-0.15, -0.1) is 10.2 Å². The van der Waals surface area contributed by atoms with E-state index < -0.39 is 17.6 Å². The first-order valence-electron chi connectivity index (χ1n) is 15.2. The number of likely N-dealkylation sites (N-methyl/N-ethyl adjacent to an activating group) is 1. The highest BCUT2D eigenvalue weighted by Gasteiger charge is 2.34. The standard InChI is InChI=1S/C33H35F3N8O3/c1-41-8-10-42(11-9-41)19-24-4-6-26(17-28(24)33(34,35)36)38-32(46)23-2-3-25(21-45)22(16-23)5-7-30-39-40-31-29(37)18-27(20-44(30)31)43-12-14-47-15-13-43/h2-4,6,16-18,20,45H,8-15,19,21,37H2,1H3,(H,38,46). The Balaban J connectivity index is 1.23. The zero-order valence-electron chi connectivity index (χ0n) is 25.8. The molecule has 14 heteroatoms. The lowest BCUT2D eigenvalue weighted by molar-refractivity contribution is -0.138. The first-order chi connectivity index (χ1) is 22.6. The van der Waals surface area contributed by atoms with Crippen LogP contribution in [0.2, 0.25) is 0 Å². The molecule has 2 saturated heterocycles. The van der Waals surface area contributed by atoms with Crippen LogP contribution in [0.5, 0.6) is 0 Å². The average Bonchev–Trinajstić information content (AvgIpc) is 3.48. The zero-order chi connectivity index (χ0) is 33.1. The van der Waals surface area contributed by atoms with Gasteiger partial charge < -0.3 is 30.7 Å². The van der Waals surface area contributed by atoms with Crippen LogP contribution in [0.4, 0.5) is 30.2 Å². The number of benzene rings is 2. The minimum Gasteiger partial charge on any atom is -0.396 e. The summed E-state index contributed by atoms with van der Waals surface area (Å²) in [5, 5.41) is 20.9. The number of nitrogen functional groups attached to an aromatic ring is 1. The molecule has 0 radical (unpaired) electrons. The average molecular weight is 649 g/mol. The Bertz CT molecular complexity index is 1830. The van der Waals surface area contributed by atoms with E-state index in [9.17, 15) is 23.1 Å². The lowest BCUT2D eigenvalue weighted by atomic mass is 10.0. The van der Waals surface area contributed by atoms with Gasteiger partial charge in [0, 0.05) is 68.8 Å². The number of nitrogens with zero attached hydrogens (tertiary/aromatic N) is 6. The van der Waals surface area contributed by atoms with Crippen LogP contribution in [0.15, 0.2) is 48.7 Å². The number of carbonyl (C=O) groups is 1. The predicted molar refractivity (Wildman–Crippen MR) is 171 cm³/mol. The largest absolute Gasteiger partial charge is 0.416 e. The van der Waals surface area contributed by atoms with E-state index in [1.165, 1.54) is 24.3 Å². The maximum absolute atomic E-state index is 14.1. The minimum atomic E-state index is -4.59. The summed E-state index contributed by atoms with van der Waals surface area (Å²) < 4.78 is 49.4. The number of anilines is 3. The zero-order valence-corrected chi connectivity index (χ0v) is 25.8.